The van der Waals surface area contributed by atoms with Crippen LogP contribution in [0.25, 0.3) is 0 Å². The van der Waals surface area contributed by atoms with E-state index in [1.807, 2.05) is 11.8 Å². The Hall–Kier alpha value is 0.270. The first kappa shape index (κ1) is 12.7. The molecule has 3 heteroatoms. The first-order valence-corrected chi connectivity index (χ1v) is 7.79. The van der Waals surface area contributed by atoms with Crippen molar-refractivity contribution in [3.63, 3.8) is 0 Å². The fourth-order valence-corrected chi connectivity index (χ4v) is 4.37. The van der Waals surface area contributed by atoms with Crippen LogP contribution < -0.4 is 5.73 Å². The van der Waals surface area contributed by atoms with Crippen molar-refractivity contribution < 1.29 is 4.74 Å². The highest BCUT2D eigenvalue weighted by Gasteiger charge is 2.42. The number of hydrogen-bond donors (Lipinski definition) is 1. The molecule has 0 bridgehead atoms. The molecule has 2 rings (SSSR count). The molecule has 2 saturated heterocycles. The average Bonchev–Trinajstić information content (AvgIpc) is 2.75. The van der Waals surface area contributed by atoms with Crippen LogP contribution in [0.3, 0.4) is 0 Å². The quantitative estimate of drug-likeness (QED) is 0.827. The van der Waals surface area contributed by atoms with Crippen LogP contribution in [0, 0.1) is 11.8 Å². The molecule has 2 aliphatic rings. The molecular weight excluding hydrogens is 218 g/mol. The van der Waals surface area contributed by atoms with Gasteiger partial charge in [0.05, 0.1) is 5.60 Å². The largest absolute Gasteiger partial charge is 0.374 e. The molecule has 2 heterocycles. The van der Waals surface area contributed by atoms with Gasteiger partial charge in [0.15, 0.2) is 0 Å². The molecule has 94 valence electrons. The van der Waals surface area contributed by atoms with E-state index in [0.29, 0.717) is 17.9 Å². The molecular formula is C13H25NOS. The minimum atomic E-state index is 0.193. The summed E-state index contributed by atoms with van der Waals surface area (Å²) in [4.78, 5) is 0. The van der Waals surface area contributed by atoms with E-state index in [-0.39, 0.29) is 5.60 Å². The van der Waals surface area contributed by atoms with E-state index >= 15 is 0 Å². The van der Waals surface area contributed by atoms with Gasteiger partial charge < -0.3 is 10.5 Å². The smallest absolute Gasteiger partial charge is 0.0783 e. The van der Waals surface area contributed by atoms with E-state index in [9.17, 15) is 0 Å². The molecule has 16 heavy (non-hydrogen) atoms. The van der Waals surface area contributed by atoms with E-state index < -0.39 is 0 Å². The standard InChI is InChI=1S/C13H25NOS/c1-3-10(2)12(14)11-4-6-15-13(8-11)5-7-16-9-13/h10-12H,3-9,14H2,1-2H3. The number of thioether (sulfide) groups is 1. The highest BCUT2D eigenvalue weighted by Crippen LogP contribution is 2.41. The summed E-state index contributed by atoms with van der Waals surface area (Å²) in [5.74, 6) is 3.79. The minimum absolute atomic E-state index is 0.193. The Morgan fingerprint density at radius 3 is 3.00 bits per heavy atom. The molecule has 0 aromatic rings. The van der Waals surface area contributed by atoms with Gasteiger partial charge in [-0.15, -0.1) is 0 Å². The van der Waals surface area contributed by atoms with Crippen molar-refractivity contribution in [1.82, 2.24) is 0 Å². The van der Waals surface area contributed by atoms with Gasteiger partial charge in [-0.1, -0.05) is 20.3 Å². The molecule has 0 saturated carbocycles. The van der Waals surface area contributed by atoms with E-state index in [1.165, 1.54) is 30.8 Å². The molecule has 2 nitrogen and oxygen atoms in total. The monoisotopic (exact) mass is 243 g/mol. The van der Waals surface area contributed by atoms with Crippen LogP contribution in [0.2, 0.25) is 0 Å². The van der Waals surface area contributed by atoms with Crippen LogP contribution in [0.4, 0.5) is 0 Å². The lowest BCUT2D eigenvalue weighted by Gasteiger charge is -2.41. The maximum absolute atomic E-state index is 6.39. The third-order valence-corrected chi connectivity index (χ3v) is 5.67. The number of ether oxygens (including phenoxy) is 1. The van der Waals surface area contributed by atoms with Crippen molar-refractivity contribution in [2.24, 2.45) is 17.6 Å². The van der Waals surface area contributed by atoms with Crippen molar-refractivity contribution in [3.05, 3.63) is 0 Å². The Kier molecular flexibility index (Phi) is 4.20. The SMILES string of the molecule is CCC(C)C(N)C1CCOC2(CCSC2)C1. The van der Waals surface area contributed by atoms with Crippen LogP contribution in [0.1, 0.15) is 39.5 Å². The highest BCUT2D eigenvalue weighted by molar-refractivity contribution is 7.99. The normalized spacial score (nSPS) is 38.8. The average molecular weight is 243 g/mol. The van der Waals surface area contributed by atoms with E-state index in [4.69, 9.17) is 10.5 Å². The van der Waals surface area contributed by atoms with Crippen LogP contribution in [-0.2, 0) is 4.74 Å². The highest BCUT2D eigenvalue weighted by atomic mass is 32.2. The fraction of sp³-hybridized carbons (Fsp3) is 1.00. The van der Waals surface area contributed by atoms with Crippen LogP contribution >= 0.6 is 11.8 Å². The molecule has 4 atom stereocenters. The summed E-state index contributed by atoms with van der Waals surface area (Å²) in [7, 11) is 0. The topological polar surface area (TPSA) is 35.2 Å². The van der Waals surface area contributed by atoms with E-state index in [1.54, 1.807) is 0 Å². The van der Waals surface area contributed by atoms with Gasteiger partial charge in [0.2, 0.25) is 0 Å². The molecule has 0 aromatic carbocycles. The maximum Gasteiger partial charge on any atom is 0.0783 e. The molecule has 0 aliphatic carbocycles. The summed E-state index contributed by atoms with van der Waals surface area (Å²) in [6.07, 6.45) is 4.80. The van der Waals surface area contributed by atoms with Crippen molar-refractivity contribution in [2.45, 2.75) is 51.2 Å². The van der Waals surface area contributed by atoms with Crippen LogP contribution in [0.15, 0.2) is 0 Å². The molecule has 0 radical (unpaired) electrons. The molecule has 2 N–H and O–H groups in total. The van der Waals surface area contributed by atoms with Crippen molar-refractivity contribution >= 4 is 11.8 Å². The lowest BCUT2D eigenvalue weighted by Crippen LogP contribution is -2.47. The first-order valence-electron chi connectivity index (χ1n) is 6.64. The Morgan fingerprint density at radius 2 is 2.38 bits per heavy atom. The van der Waals surface area contributed by atoms with Gasteiger partial charge in [0, 0.05) is 18.4 Å². The number of rotatable bonds is 3. The molecule has 4 unspecified atom stereocenters. The predicted molar refractivity (Wildman–Crippen MR) is 70.8 cm³/mol. The van der Waals surface area contributed by atoms with Crippen LogP contribution in [0.5, 0.6) is 0 Å². The zero-order valence-electron chi connectivity index (χ0n) is 10.6. The van der Waals surface area contributed by atoms with Gasteiger partial charge in [-0.05, 0) is 36.9 Å². The fourth-order valence-electron chi connectivity index (χ4n) is 2.99. The van der Waals surface area contributed by atoms with E-state index in [0.717, 1.165) is 13.0 Å². The van der Waals surface area contributed by atoms with Gasteiger partial charge >= 0.3 is 0 Å². The summed E-state index contributed by atoms with van der Waals surface area (Å²) in [5, 5.41) is 0. The lowest BCUT2D eigenvalue weighted by atomic mass is 9.77. The predicted octanol–water partition coefficient (Wildman–Crippen LogP) is 2.66. The minimum Gasteiger partial charge on any atom is -0.374 e. The molecule has 0 amide bonds. The third kappa shape index (κ3) is 2.57. The van der Waals surface area contributed by atoms with Crippen molar-refractivity contribution in [1.29, 1.82) is 0 Å². The van der Waals surface area contributed by atoms with Gasteiger partial charge in [-0.3, -0.25) is 0 Å². The molecule has 0 aromatic heterocycles. The zero-order chi connectivity index (χ0) is 11.6. The molecule has 2 fully saturated rings. The lowest BCUT2D eigenvalue weighted by molar-refractivity contribution is -0.0856. The third-order valence-electron chi connectivity index (χ3n) is 4.44. The van der Waals surface area contributed by atoms with Gasteiger partial charge in [-0.25, -0.2) is 0 Å². The van der Waals surface area contributed by atoms with Crippen molar-refractivity contribution in [3.8, 4) is 0 Å². The van der Waals surface area contributed by atoms with Gasteiger partial charge in [0.1, 0.15) is 0 Å². The molecule has 1 spiro atoms. The van der Waals surface area contributed by atoms with Gasteiger partial charge in [0.25, 0.3) is 0 Å². The Bertz CT molecular complexity index is 228. The number of hydrogen-bond acceptors (Lipinski definition) is 3. The van der Waals surface area contributed by atoms with Crippen LogP contribution in [-0.4, -0.2) is 29.8 Å². The zero-order valence-corrected chi connectivity index (χ0v) is 11.4. The van der Waals surface area contributed by atoms with Crippen molar-refractivity contribution in [2.75, 3.05) is 18.1 Å². The summed E-state index contributed by atoms with van der Waals surface area (Å²) < 4.78 is 6.04. The summed E-state index contributed by atoms with van der Waals surface area (Å²) in [6.45, 7) is 5.45. The summed E-state index contributed by atoms with van der Waals surface area (Å²) >= 11 is 2.04. The first-order chi connectivity index (χ1) is 7.67. The second kappa shape index (κ2) is 5.28. The van der Waals surface area contributed by atoms with E-state index in [2.05, 4.69) is 13.8 Å². The summed E-state index contributed by atoms with van der Waals surface area (Å²) in [6, 6.07) is 0.372. The Balaban J connectivity index is 1.95. The molecule has 2 aliphatic heterocycles. The Morgan fingerprint density at radius 1 is 1.56 bits per heavy atom. The maximum atomic E-state index is 6.39. The second-order valence-electron chi connectivity index (χ2n) is 5.55. The van der Waals surface area contributed by atoms with Gasteiger partial charge in [-0.2, -0.15) is 11.8 Å². The second-order valence-corrected chi connectivity index (χ2v) is 6.65. The Labute approximate surface area is 104 Å². The number of nitrogens with two attached hydrogens (primary N) is 1. The summed E-state index contributed by atoms with van der Waals surface area (Å²) in [5.41, 5.74) is 6.58.